The first-order chi connectivity index (χ1) is 12.6. The van der Waals surface area contributed by atoms with Crippen LogP contribution in [0.25, 0.3) is 0 Å². The van der Waals surface area contributed by atoms with Gasteiger partial charge in [-0.3, -0.25) is 4.79 Å². The van der Waals surface area contributed by atoms with E-state index in [4.69, 9.17) is 4.42 Å². The average Bonchev–Trinajstić information content (AvgIpc) is 3.17. The summed E-state index contributed by atoms with van der Waals surface area (Å²) in [4.78, 5) is 26.0. The lowest BCUT2D eigenvalue weighted by Crippen LogP contribution is -2.30. The Kier molecular flexibility index (Phi) is 5.34. The topological polar surface area (TPSA) is 74.6 Å². The molecular weight excluding hydrogens is 330 g/mol. The van der Waals surface area contributed by atoms with Crippen LogP contribution in [0.5, 0.6) is 0 Å². The Bertz CT molecular complexity index is 876. The van der Waals surface area contributed by atoms with Crippen LogP contribution in [0, 0.1) is 0 Å². The first-order valence-electron chi connectivity index (χ1n) is 8.11. The molecule has 0 aliphatic rings. The van der Waals surface area contributed by atoms with Gasteiger partial charge in [-0.05, 0) is 29.8 Å². The molecular formula is C20H19N3O3. The molecule has 2 aromatic carbocycles. The first kappa shape index (κ1) is 17.3. The van der Waals surface area contributed by atoms with Crippen LogP contribution in [0.3, 0.4) is 0 Å². The smallest absolute Gasteiger partial charge is 0.321 e. The number of hydrogen-bond acceptors (Lipinski definition) is 3. The van der Waals surface area contributed by atoms with Crippen molar-refractivity contribution in [3.8, 4) is 0 Å². The summed E-state index contributed by atoms with van der Waals surface area (Å²) in [5, 5.41) is 5.59. The van der Waals surface area contributed by atoms with E-state index in [0.717, 1.165) is 5.56 Å². The van der Waals surface area contributed by atoms with E-state index in [2.05, 4.69) is 10.6 Å². The molecule has 0 aliphatic heterocycles. The van der Waals surface area contributed by atoms with E-state index in [1.165, 1.54) is 12.5 Å². The van der Waals surface area contributed by atoms with E-state index >= 15 is 0 Å². The van der Waals surface area contributed by atoms with Gasteiger partial charge in [0.15, 0.2) is 0 Å². The van der Waals surface area contributed by atoms with Crippen molar-refractivity contribution >= 4 is 23.3 Å². The molecule has 2 N–H and O–H groups in total. The van der Waals surface area contributed by atoms with Crippen LogP contribution in [0.15, 0.2) is 77.6 Å². The second kappa shape index (κ2) is 8.02. The largest absolute Gasteiger partial charge is 0.472 e. The van der Waals surface area contributed by atoms with Crippen molar-refractivity contribution < 1.29 is 14.0 Å². The number of urea groups is 1. The van der Waals surface area contributed by atoms with Gasteiger partial charge in [0.1, 0.15) is 6.26 Å². The van der Waals surface area contributed by atoms with Gasteiger partial charge in [-0.1, -0.05) is 36.4 Å². The van der Waals surface area contributed by atoms with E-state index in [9.17, 15) is 9.59 Å². The van der Waals surface area contributed by atoms with E-state index in [1.54, 1.807) is 42.3 Å². The molecule has 3 rings (SSSR count). The highest BCUT2D eigenvalue weighted by atomic mass is 16.3. The highest BCUT2D eigenvalue weighted by Gasteiger charge is 2.11. The Morgan fingerprint density at radius 1 is 0.962 bits per heavy atom. The Labute approximate surface area is 151 Å². The van der Waals surface area contributed by atoms with Crippen LogP contribution in [0.4, 0.5) is 16.2 Å². The number of rotatable bonds is 5. The number of furan rings is 1. The lowest BCUT2D eigenvalue weighted by molar-refractivity contribution is 0.102. The molecule has 26 heavy (non-hydrogen) atoms. The van der Waals surface area contributed by atoms with Crippen LogP contribution < -0.4 is 10.6 Å². The zero-order valence-electron chi connectivity index (χ0n) is 14.3. The number of carbonyl (C=O) groups is 2. The quantitative estimate of drug-likeness (QED) is 0.725. The Hall–Kier alpha value is -3.54. The summed E-state index contributed by atoms with van der Waals surface area (Å²) in [5.74, 6) is -0.275. The van der Waals surface area contributed by atoms with Crippen LogP contribution in [0.2, 0.25) is 0 Å². The predicted octanol–water partition coefficient (Wildman–Crippen LogP) is 4.20. The summed E-state index contributed by atoms with van der Waals surface area (Å²) in [6.45, 7) is 0.504. The minimum absolute atomic E-state index is 0.229. The summed E-state index contributed by atoms with van der Waals surface area (Å²) in [6, 6.07) is 18.1. The SMILES string of the molecule is CN(Cc1ccccc1)C(=O)Nc1cccc(NC(=O)c2ccoc2)c1. The molecule has 6 heteroatoms. The van der Waals surface area contributed by atoms with E-state index in [-0.39, 0.29) is 11.9 Å². The molecule has 0 radical (unpaired) electrons. The molecule has 0 unspecified atom stereocenters. The number of anilines is 2. The van der Waals surface area contributed by atoms with Gasteiger partial charge >= 0.3 is 6.03 Å². The third-order valence-electron chi connectivity index (χ3n) is 3.76. The molecule has 1 heterocycles. The molecule has 6 nitrogen and oxygen atoms in total. The fourth-order valence-corrected chi connectivity index (χ4v) is 2.42. The number of nitrogens with one attached hydrogen (secondary N) is 2. The van der Waals surface area contributed by atoms with Crippen molar-refractivity contribution in [1.82, 2.24) is 4.90 Å². The summed E-state index contributed by atoms with van der Waals surface area (Å²) in [5.41, 5.74) is 2.66. The number of benzene rings is 2. The fraction of sp³-hybridized carbons (Fsp3) is 0.100. The van der Waals surface area contributed by atoms with Gasteiger partial charge < -0.3 is 20.0 Å². The zero-order valence-corrected chi connectivity index (χ0v) is 14.3. The third kappa shape index (κ3) is 4.51. The molecule has 1 aromatic heterocycles. The van der Waals surface area contributed by atoms with Gasteiger partial charge in [0.05, 0.1) is 11.8 Å². The summed E-state index contributed by atoms with van der Waals surface area (Å²) in [7, 11) is 1.73. The van der Waals surface area contributed by atoms with Crippen LogP contribution >= 0.6 is 0 Å². The van der Waals surface area contributed by atoms with E-state index < -0.39 is 0 Å². The maximum absolute atomic E-state index is 12.4. The van der Waals surface area contributed by atoms with Gasteiger partial charge in [0, 0.05) is 25.0 Å². The monoisotopic (exact) mass is 349 g/mol. The Morgan fingerprint density at radius 3 is 2.38 bits per heavy atom. The maximum Gasteiger partial charge on any atom is 0.321 e. The van der Waals surface area contributed by atoms with Crippen molar-refractivity contribution in [2.45, 2.75) is 6.54 Å². The Morgan fingerprint density at radius 2 is 1.69 bits per heavy atom. The van der Waals surface area contributed by atoms with E-state index in [0.29, 0.717) is 23.5 Å². The molecule has 3 aromatic rings. The molecule has 3 amide bonds. The second-order valence-corrected chi connectivity index (χ2v) is 5.82. The molecule has 132 valence electrons. The van der Waals surface area contributed by atoms with Crippen molar-refractivity contribution in [3.63, 3.8) is 0 Å². The number of nitrogens with zero attached hydrogens (tertiary/aromatic N) is 1. The van der Waals surface area contributed by atoms with Gasteiger partial charge in [0.25, 0.3) is 5.91 Å². The standard InChI is InChI=1S/C20H19N3O3/c1-23(13-15-6-3-2-4-7-15)20(25)22-18-9-5-8-17(12-18)21-19(24)16-10-11-26-14-16/h2-12,14H,13H2,1H3,(H,21,24)(H,22,25). The lowest BCUT2D eigenvalue weighted by Gasteiger charge is -2.18. The Balaban J connectivity index is 1.61. The van der Waals surface area contributed by atoms with Crippen molar-refractivity contribution in [3.05, 3.63) is 84.3 Å². The van der Waals surface area contributed by atoms with Crippen LogP contribution in [-0.4, -0.2) is 23.9 Å². The molecule has 0 bridgehead atoms. The zero-order chi connectivity index (χ0) is 18.4. The fourth-order valence-electron chi connectivity index (χ4n) is 2.42. The maximum atomic E-state index is 12.4. The molecule has 0 aliphatic carbocycles. The highest BCUT2D eigenvalue weighted by Crippen LogP contribution is 2.17. The minimum atomic E-state index is -0.275. The van der Waals surface area contributed by atoms with Gasteiger partial charge in [-0.2, -0.15) is 0 Å². The number of amides is 3. The van der Waals surface area contributed by atoms with Crippen molar-refractivity contribution in [2.24, 2.45) is 0 Å². The number of hydrogen-bond donors (Lipinski definition) is 2. The molecule has 0 atom stereocenters. The molecule has 0 saturated carbocycles. The van der Waals surface area contributed by atoms with Gasteiger partial charge in [0.2, 0.25) is 0 Å². The van der Waals surface area contributed by atoms with Gasteiger partial charge in [-0.25, -0.2) is 4.79 Å². The second-order valence-electron chi connectivity index (χ2n) is 5.82. The van der Waals surface area contributed by atoms with Gasteiger partial charge in [-0.15, -0.1) is 0 Å². The lowest BCUT2D eigenvalue weighted by atomic mass is 10.2. The minimum Gasteiger partial charge on any atom is -0.472 e. The van der Waals surface area contributed by atoms with Crippen LogP contribution in [0.1, 0.15) is 15.9 Å². The van der Waals surface area contributed by atoms with Crippen molar-refractivity contribution in [1.29, 1.82) is 0 Å². The summed E-state index contributed by atoms with van der Waals surface area (Å²) in [6.07, 6.45) is 2.81. The summed E-state index contributed by atoms with van der Waals surface area (Å²) < 4.78 is 4.90. The number of carbonyl (C=O) groups excluding carboxylic acids is 2. The predicted molar refractivity (Wildman–Crippen MR) is 100 cm³/mol. The molecule has 0 saturated heterocycles. The third-order valence-corrected chi connectivity index (χ3v) is 3.76. The van der Waals surface area contributed by atoms with Crippen molar-refractivity contribution in [2.75, 3.05) is 17.7 Å². The average molecular weight is 349 g/mol. The summed E-state index contributed by atoms with van der Waals surface area (Å²) >= 11 is 0. The first-order valence-corrected chi connectivity index (χ1v) is 8.11. The molecule has 0 spiro atoms. The normalized spacial score (nSPS) is 10.2. The highest BCUT2D eigenvalue weighted by molar-refractivity contribution is 6.04. The molecule has 0 fully saturated rings. The van der Waals surface area contributed by atoms with Crippen LogP contribution in [-0.2, 0) is 6.54 Å². The van der Waals surface area contributed by atoms with E-state index in [1.807, 2.05) is 30.3 Å².